The molecule has 0 fully saturated rings. The number of anilines is 1. The van der Waals surface area contributed by atoms with Crippen LogP contribution in [0.3, 0.4) is 0 Å². The number of fused-ring (bicyclic) bond motifs is 1. The highest BCUT2D eigenvalue weighted by atomic mass is 32.1. The largest absolute Gasteiger partial charge is 0.477 e. The Kier molecular flexibility index (Phi) is 4.58. The van der Waals surface area contributed by atoms with E-state index in [1.54, 1.807) is 11.3 Å². The van der Waals surface area contributed by atoms with Crippen molar-refractivity contribution in [3.05, 3.63) is 10.9 Å². The molecule has 0 spiro atoms. The summed E-state index contributed by atoms with van der Waals surface area (Å²) in [5.41, 5.74) is 0. The smallest absolute Gasteiger partial charge is 0.227 e. The molecule has 0 unspecified atom stereocenters. The molecule has 0 bridgehead atoms. The van der Waals surface area contributed by atoms with Gasteiger partial charge in [0.15, 0.2) is 0 Å². The van der Waals surface area contributed by atoms with Gasteiger partial charge in [0, 0.05) is 11.4 Å². The summed E-state index contributed by atoms with van der Waals surface area (Å²) in [6, 6.07) is 2.10. The zero-order valence-electron chi connectivity index (χ0n) is 12.0. The predicted octanol–water partition coefficient (Wildman–Crippen LogP) is 3.86. The van der Waals surface area contributed by atoms with Crippen molar-refractivity contribution < 1.29 is 4.74 Å². The fourth-order valence-electron chi connectivity index (χ4n) is 1.69. The Morgan fingerprint density at radius 1 is 1.37 bits per heavy atom. The highest BCUT2D eigenvalue weighted by Crippen LogP contribution is 2.31. The molecule has 2 aromatic heterocycles. The molecule has 0 aliphatic carbocycles. The number of nitrogens with zero attached hydrogens (tertiary/aromatic N) is 2. The molecule has 0 radical (unpaired) electrons. The fourth-order valence-corrected chi connectivity index (χ4v) is 2.56. The molecule has 0 aliphatic heterocycles. The van der Waals surface area contributed by atoms with Crippen molar-refractivity contribution in [3.63, 3.8) is 0 Å². The number of nitrogens with one attached hydrogen (secondary N) is 1. The highest BCUT2D eigenvalue weighted by Gasteiger charge is 2.12. The number of aryl methyl sites for hydroxylation is 1. The topological polar surface area (TPSA) is 47.0 Å². The number of aromatic nitrogens is 2. The summed E-state index contributed by atoms with van der Waals surface area (Å²) in [6.45, 7) is 10.0. The van der Waals surface area contributed by atoms with Crippen LogP contribution in [0.5, 0.6) is 5.88 Å². The van der Waals surface area contributed by atoms with Gasteiger partial charge in [-0.2, -0.15) is 4.98 Å². The van der Waals surface area contributed by atoms with Crippen molar-refractivity contribution in [2.24, 2.45) is 5.92 Å². The molecular weight excluding hydrogens is 258 g/mol. The lowest BCUT2D eigenvalue weighted by molar-refractivity contribution is 0.265. The molecule has 2 heterocycles. The Bertz CT molecular complexity index is 551. The molecule has 0 aromatic carbocycles. The second-order valence-corrected chi connectivity index (χ2v) is 6.29. The lowest BCUT2D eigenvalue weighted by atomic mass is 10.2. The van der Waals surface area contributed by atoms with Crippen LogP contribution < -0.4 is 10.1 Å². The maximum absolute atomic E-state index is 5.83. The molecule has 2 aromatic rings. The lowest BCUT2D eigenvalue weighted by Crippen LogP contribution is -2.09. The zero-order valence-corrected chi connectivity index (χ0v) is 12.8. The number of hydrogen-bond donors (Lipinski definition) is 1. The maximum atomic E-state index is 5.83. The molecule has 19 heavy (non-hydrogen) atoms. The third-order valence-corrected chi connectivity index (χ3v) is 3.51. The second kappa shape index (κ2) is 6.19. The van der Waals surface area contributed by atoms with Crippen molar-refractivity contribution in [2.45, 2.75) is 34.1 Å². The van der Waals surface area contributed by atoms with E-state index in [9.17, 15) is 0 Å². The van der Waals surface area contributed by atoms with Gasteiger partial charge in [0.1, 0.15) is 4.83 Å². The van der Waals surface area contributed by atoms with Crippen LogP contribution in [0.4, 0.5) is 5.95 Å². The van der Waals surface area contributed by atoms with Gasteiger partial charge >= 0.3 is 0 Å². The van der Waals surface area contributed by atoms with E-state index in [1.807, 2.05) is 0 Å². The van der Waals surface area contributed by atoms with Crippen molar-refractivity contribution >= 4 is 27.5 Å². The van der Waals surface area contributed by atoms with Gasteiger partial charge in [-0.15, -0.1) is 11.3 Å². The first kappa shape index (κ1) is 14.1. The van der Waals surface area contributed by atoms with Crippen LogP contribution in [0.25, 0.3) is 10.2 Å². The zero-order chi connectivity index (χ0) is 13.8. The number of thiophene rings is 1. The third-order valence-electron chi connectivity index (χ3n) is 2.57. The normalized spacial score (nSPS) is 11.2. The Labute approximate surface area is 118 Å². The summed E-state index contributed by atoms with van der Waals surface area (Å²) in [6.07, 6.45) is 1.05. The number of ether oxygens (including phenoxy) is 1. The van der Waals surface area contributed by atoms with Gasteiger partial charge in [0.2, 0.25) is 11.8 Å². The van der Waals surface area contributed by atoms with Gasteiger partial charge in [-0.25, -0.2) is 4.98 Å². The van der Waals surface area contributed by atoms with Crippen molar-refractivity contribution in [1.29, 1.82) is 0 Å². The van der Waals surface area contributed by atoms with Crippen LogP contribution >= 0.6 is 11.3 Å². The summed E-state index contributed by atoms with van der Waals surface area (Å²) < 4.78 is 5.83. The van der Waals surface area contributed by atoms with Gasteiger partial charge in [-0.3, -0.25) is 0 Å². The molecule has 0 saturated heterocycles. The van der Waals surface area contributed by atoms with Gasteiger partial charge in [-0.1, -0.05) is 20.8 Å². The Morgan fingerprint density at radius 3 is 2.84 bits per heavy atom. The molecular formula is C14H21N3OS. The molecule has 0 atom stereocenters. The predicted molar refractivity (Wildman–Crippen MR) is 81.3 cm³/mol. The van der Waals surface area contributed by atoms with Gasteiger partial charge in [0.05, 0.1) is 12.0 Å². The van der Waals surface area contributed by atoms with Gasteiger partial charge in [-0.05, 0) is 25.3 Å². The van der Waals surface area contributed by atoms with E-state index >= 15 is 0 Å². The maximum Gasteiger partial charge on any atom is 0.227 e. The van der Waals surface area contributed by atoms with Gasteiger partial charge in [0.25, 0.3) is 0 Å². The summed E-state index contributed by atoms with van der Waals surface area (Å²) in [4.78, 5) is 11.2. The van der Waals surface area contributed by atoms with E-state index in [0.717, 1.165) is 23.2 Å². The molecule has 1 N–H and O–H groups in total. The summed E-state index contributed by atoms with van der Waals surface area (Å²) in [5, 5.41) is 4.25. The molecule has 5 heteroatoms. The number of rotatable bonds is 6. The molecule has 0 aliphatic rings. The Balaban J connectivity index is 2.33. The second-order valence-electron chi connectivity index (χ2n) is 5.06. The van der Waals surface area contributed by atoms with Crippen LogP contribution in [0.2, 0.25) is 0 Å². The first-order valence-electron chi connectivity index (χ1n) is 6.75. The van der Waals surface area contributed by atoms with E-state index in [1.165, 1.54) is 4.88 Å². The first-order valence-corrected chi connectivity index (χ1v) is 7.56. The minimum atomic E-state index is 0.483. The highest BCUT2D eigenvalue weighted by molar-refractivity contribution is 7.18. The van der Waals surface area contributed by atoms with Crippen LogP contribution in [0.1, 0.15) is 32.1 Å². The Morgan fingerprint density at radius 2 is 2.16 bits per heavy atom. The summed E-state index contributed by atoms with van der Waals surface area (Å²) in [7, 11) is 0. The van der Waals surface area contributed by atoms with Gasteiger partial charge < -0.3 is 10.1 Å². The van der Waals surface area contributed by atoms with Crippen LogP contribution in [0.15, 0.2) is 6.07 Å². The first-order chi connectivity index (χ1) is 9.10. The molecule has 4 nitrogen and oxygen atoms in total. The molecule has 2 rings (SSSR count). The van der Waals surface area contributed by atoms with E-state index < -0.39 is 0 Å². The molecule has 104 valence electrons. The minimum absolute atomic E-state index is 0.483. The number of hydrogen-bond acceptors (Lipinski definition) is 5. The SMILES string of the molecule is CCCNc1nc(OCC(C)C)c2cc(C)sc2n1. The van der Waals surface area contributed by atoms with Crippen LogP contribution in [-0.2, 0) is 0 Å². The molecule has 0 saturated carbocycles. The van der Waals surface area contributed by atoms with Crippen molar-refractivity contribution in [3.8, 4) is 5.88 Å². The van der Waals surface area contributed by atoms with E-state index in [4.69, 9.17) is 4.74 Å². The lowest BCUT2D eigenvalue weighted by Gasteiger charge is -2.10. The van der Waals surface area contributed by atoms with Crippen molar-refractivity contribution in [1.82, 2.24) is 9.97 Å². The summed E-state index contributed by atoms with van der Waals surface area (Å²) >= 11 is 1.68. The fraction of sp³-hybridized carbons (Fsp3) is 0.571. The molecule has 0 amide bonds. The minimum Gasteiger partial charge on any atom is -0.477 e. The average Bonchev–Trinajstić information content (AvgIpc) is 2.73. The van der Waals surface area contributed by atoms with Crippen LogP contribution in [-0.4, -0.2) is 23.1 Å². The average molecular weight is 279 g/mol. The van der Waals surface area contributed by atoms with E-state index in [0.29, 0.717) is 24.4 Å². The van der Waals surface area contributed by atoms with Crippen LogP contribution in [0, 0.1) is 12.8 Å². The Hall–Kier alpha value is -1.36. The third kappa shape index (κ3) is 3.56. The van der Waals surface area contributed by atoms with E-state index in [2.05, 4.69) is 49.0 Å². The monoisotopic (exact) mass is 279 g/mol. The standard InChI is InChI=1S/C14H21N3OS/c1-5-6-15-14-16-12(18-8-9(2)3)11-7-10(4)19-13(11)17-14/h7,9H,5-6,8H2,1-4H3,(H,15,16,17). The quantitative estimate of drug-likeness (QED) is 0.872. The summed E-state index contributed by atoms with van der Waals surface area (Å²) in [5.74, 6) is 1.84. The van der Waals surface area contributed by atoms with Crippen molar-refractivity contribution in [2.75, 3.05) is 18.5 Å². The van der Waals surface area contributed by atoms with E-state index in [-0.39, 0.29) is 0 Å².